The van der Waals surface area contributed by atoms with Gasteiger partial charge in [0, 0.05) is 11.7 Å². The molecular weight excluding hydrogens is 396 g/mol. The zero-order valence-corrected chi connectivity index (χ0v) is 17.9. The van der Waals surface area contributed by atoms with E-state index in [-0.39, 0.29) is 0 Å². The van der Waals surface area contributed by atoms with Crippen LogP contribution in [0.3, 0.4) is 0 Å². The molecule has 0 bridgehead atoms. The summed E-state index contributed by atoms with van der Waals surface area (Å²) in [5.41, 5.74) is 7.13. The van der Waals surface area contributed by atoms with Crippen molar-refractivity contribution in [3.8, 4) is 0 Å². The van der Waals surface area contributed by atoms with Crippen molar-refractivity contribution >= 4 is 21.6 Å². The highest BCUT2D eigenvalue weighted by Crippen LogP contribution is 2.38. The molecule has 0 spiro atoms. The molecule has 1 saturated heterocycles. The molecule has 158 valence electrons. The van der Waals surface area contributed by atoms with Gasteiger partial charge in [-0.1, -0.05) is 18.2 Å². The van der Waals surface area contributed by atoms with E-state index in [0.717, 1.165) is 69.2 Å². The molecule has 30 heavy (non-hydrogen) atoms. The van der Waals surface area contributed by atoms with E-state index in [2.05, 4.69) is 21.1 Å². The van der Waals surface area contributed by atoms with Crippen LogP contribution in [0, 0.1) is 0 Å². The lowest BCUT2D eigenvalue weighted by Crippen LogP contribution is -2.19. The van der Waals surface area contributed by atoms with Crippen LogP contribution in [0.15, 0.2) is 39.6 Å². The van der Waals surface area contributed by atoms with Crippen LogP contribution in [0.4, 0.5) is 10.5 Å². The van der Waals surface area contributed by atoms with E-state index in [1.54, 1.807) is 12.1 Å². The summed E-state index contributed by atoms with van der Waals surface area (Å²) in [5.74, 6) is 0. The topological polar surface area (TPSA) is 96.6 Å². The molecule has 1 aliphatic heterocycles. The van der Waals surface area contributed by atoms with Crippen molar-refractivity contribution in [3.63, 3.8) is 0 Å². The molecule has 2 atom stereocenters. The van der Waals surface area contributed by atoms with Crippen LogP contribution < -0.4 is 15.8 Å². The maximum atomic E-state index is 13.0. The van der Waals surface area contributed by atoms with E-state index in [9.17, 15) is 9.00 Å². The highest BCUT2D eigenvalue weighted by Gasteiger charge is 2.25. The molecule has 2 aliphatic carbocycles. The lowest BCUT2D eigenvalue weighted by atomic mass is 9.99. The Balaban J connectivity index is 1.40. The first-order chi connectivity index (χ1) is 14.5. The predicted molar refractivity (Wildman–Crippen MR) is 119 cm³/mol. The monoisotopic (exact) mass is 424 g/mol. The Morgan fingerprint density at radius 2 is 1.70 bits per heavy atom. The Morgan fingerprint density at radius 3 is 2.30 bits per heavy atom. The van der Waals surface area contributed by atoms with Crippen LogP contribution in [0.1, 0.15) is 59.5 Å². The smallest absolute Gasteiger partial charge is 0.310 e. The Bertz CT molecular complexity index is 1080. The predicted octanol–water partition coefficient (Wildman–Crippen LogP) is 4.02. The number of hydrogen-bond donors (Lipinski definition) is 3. The van der Waals surface area contributed by atoms with Gasteiger partial charge in [-0.15, -0.1) is 4.36 Å². The quantitative estimate of drug-likeness (QED) is 0.694. The second-order valence-corrected chi connectivity index (χ2v) is 10.3. The summed E-state index contributed by atoms with van der Waals surface area (Å²) >= 11 is 0. The minimum Gasteiger partial charge on any atom is -0.310 e. The maximum absolute atomic E-state index is 13.0. The number of rotatable bonds is 3. The van der Waals surface area contributed by atoms with Gasteiger partial charge in [0.2, 0.25) is 0 Å². The number of hydrogen-bond acceptors (Lipinski definition) is 3. The number of carbonyl (C=O) groups excluding carboxylic acids is 1. The van der Waals surface area contributed by atoms with E-state index in [4.69, 9.17) is 5.14 Å². The van der Waals surface area contributed by atoms with Gasteiger partial charge in [0.05, 0.1) is 4.90 Å². The maximum Gasteiger partial charge on any atom is 0.354 e. The highest BCUT2D eigenvalue weighted by atomic mass is 32.2. The lowest BCUT2D eigenvalue weighted by molar-refractivity contribution is 0.260. The van der Waals surface area contributed by atoms with Crippen LogP contribution >= 0.6 is 0 Å². The standard InChI is InChI=1S/C23H28N4O2S/c24-30(29,18-11-9-15(10-12-18)21-8-3-13-25-21)27-23(28)26-22-19-6-1-4-16(19)14-17-5-2-7-20(17)22/h9-12,14,21,25H,1-8,13H2,(H3,24,26,27,28,29). The van der Waals surface area contributed by atoms with Gasteiger partial charge in [0.25, 0.3) is 0 Å². The summed E-state index contributed by atoms with van der Waals surface area (Å²) in [6, 6.07) is 9.32. The third-order valence-corrected chi connectivity index (χ3v) is 7.99. The van der Waals surface area contributed by atoms with Crippen molar-refractivity contribution in [2.24, 2.45) is 9.50 Å². The van der Waals surface area contributed by atoms with E-state index >= 15 is 0 Å². The molecule has 0 aromatic heterocycles. The molecule has 0 radical (unpaired) electrons. The molecule has 4 N–H and O–H groups in total. The number of carbonyl (C=O) groups is 1. The van der Waals surface area contributed by atoms with Crippen molar-refractivity contribution in [1.82, 2.24) is 5.32 Å². The minimum atomic E-state index is -3.31. The van der Waals surface area contributed by atoms with Gasteiger partial charge in [-0.3, -0.25) is 0 Å². The molecule has 5 rings (SSSR count). The first-order valence-corrected chi connectivity index (χ1v) is 12.4. The zero-order valence-electron chi connectivity index (χ0n) is 17.1. The van der Waals surface area contributed by atoms with Crippen LogP contribution in [-0.4, -0.2) is 16.8 Å². The summed E-state index contributed by atoms with van der Waals surface area (Å²) in [5, 5.41) is 12.4. The summed E-state index contributed by atoms with van der Waals surface area (Å²) in [6.45, 7) is 1.02. The fraction of sp³-hybridized carbons (Fsp3) is 0.435. The van der Waals surface area contributed by atoms with Crippen molar-refractivity contribution in [2.45, 2.75) is 62.3 Å². The molecule has 7 heteroatoms. The average Bonchev–Trinajstić information content (AvgIpc) is 3.48. The molecule has 0 saturated carbocycles. The molecule has 6 nitrogen and oxygen atoms in total. The van der Waals surface area contributed by atoms with Gasteiger partial charge in [-0.2, -0.15) is 0 Å². The van der Waals surface area contributed by atoms with E-state index < -0.39 is 15.9 Å². The molecule has 3 aliphatic rings. The van der Waals surface area contributed by atoms with Gasteiger partial charge in [-0.05, 0) is 97.9 Å². The fourth-order valence-electron chi connectivity index (χ4n) is 5.14. The third kappa shape index (κ3) is 3.66. The van der Waals surface area contributed by atoms with E-state index in [0.29, 0.717) is 10.9 Å². The molecule has 2 aromatic rings. The van der Waals surface area contributed by atoms with Crippen LogP contribution in [0.5, 0.6) is 0 Å². The summed E-state index contributed by atoms with van der Waals surface area (Å²) < 4.78 is 16.9. The van der Waals surface area contributed by atoms with Crippen LogP contribution in [0.25, 0.3) is 0 Å². The second kappa shape index (κ2) is 7.80. The number of aryl methyl sites for hydroxylation is 2. The summed E-state index contributed by atoms with van der Waals surface area (Å²) in [7, 11) is -3.31. The Kier molecular flexibility index (Phi) is 5.13. The van der Waals surface area contributed by atoms with E-state index in [1.807, 2.05) is 12.1 Å². The number of nitrogens with zero attached hydrogens (tertiary/aromatic N) is 1. The SMILES string of the molecule is NS(=O)(=NC(=O)Nc1c2c(cc3c1CCC3)CCC2)c1ccc(C2CCCN2)cc1. The molecule has 1 fully saturated rings. The van der Waals surface area contributed by atoms with Crippen LogP contribution in [-0.2, 0) is 35.6 Å². The van der Waals surface area contributed by atoms with Crippen molar-refractivity contribution in [3.05, 3.63) is 58.1 Å². The first-order valence-electron chi connectivity index (χ1n) is 10.9. The van der Waals surface area contributed by atoms with Gasteiger partial charge < -0.3 is 10.6 Å². The molecule has 2 aromatic carbocycles. The van der Waals surface area contributed by atoms with Gasteiger partial charge in [-0.25, -0.2) is 14.1 Å². The Morgan fingerprint density at radius 1 is 1.03 bits per heavy atom. The number of benzene rings is 2. The summed E-state index contributed by atoms with van der Waals surface area (Å²) in [4.78, 5) is 13.1. The van der Waals surface area contributed by atoms with E-state index in [1.165, 1.54) is 22.3 Å². The summed E-state index contributed by atoms with van der Waals surface area (Å²) in [6.07, 6.45) is 8.50. The minimum absolute atomic E-state index is 0.329. The fourth-order valence-corrected chi connectivity index (χ4v) is 6.06. The zero-order chi connectivity index (χ0) is 20.7. The second-order valence-electron chi connectivity index (χ2n) is 8.54. The van der Waals surface area contributed by atoms with Crippen molar-refractivity contribution in [1.29, 1.82) is 0 Å². The number of nitrogens with two attached hydrogens (primary N) is 1. The van der Waals surface area contributed by atoms with Gasteiger partial charge >= 0.3 is 6.03 Å². The van der Waals surface area contributed by atoms with Crippen LogP contribution in [0.2, 0.25) is 0 Å². The normalized spacial score (nSPS) is 21.7. The van der Waals surface area contributed by atoms with Crippen molar-refractivity contribution in [2.75, 3.05) is 11.9 Å². The molecule has 1 heterocycles. The number of amides is 2. The average molecular weight is 425 g/mol. The number of urea groups is 1. The molecule has 2 amide bonds. The highest BCUT2D eigenvalue weighted by molar-refractivity contribution is 7.91. The Labute approximate surface area is 178 Å². The largest absolute Gasteiger partial charge is 0.354 e. The lowest BCUT2D eigenvalue weighted by Gasteiger charge is -2.15. The molecule has 2 unspecified atom stereocenters. The number of nitrogens with one attached hydrogen (secondary N) is 2. The number of anilines is 1. The molecular formula is C23H28N4O2S. The van der Waals surface area contributed by atoms with Crippen molar-refractivity contribution < 1.29 is 9.00 Å². The third-order valence-electron chi connectivity index (χ3n) is 6.60. The van der Waals surface area contributed by atoms with Gasteiger partial charge in [0.15, 0.2) is 0 Å². The Hall–Kier alpha value is -2.22. The first kappa shape index (κ1) is 19.7. The number of fused-ring (bicyclic) bond motifs is 2. The van der Waals surface area contributed by atoms with Gasteiger partial charge in [0.1, 0.15) is 9.92 Å².